The maximum Gasteiger partial charge on any atom is 0.257 e. The van der Waals surface area contributed by atoms with E-state index in [0.717, 1.165) is 16.4 Å². The number of hydrogen-bond acceptors (Lipinski definition) is 4. The van der Waals surface area contributed by atoms with E-state index in [1.165, 1.54) is 0 Å². The van der Waals surface area contributed by atoms with Gasteiger partial charge < -0.3 is 10.6 Å². The first-order valence-electron chi connectivity index (χ1n) is 7.64. The summed E-state index contributed by atoms with van der Waals surface area (Å²) in [7, 11) is 0. The second kappa shape index (κ2) is 7.96. The Bertz CT molecular complexity index is 890. The van der Waals surface area contributed by atoms with Gasteiger partial charge in [-0.15, -0.1) is 17.9 Å². The molecule has 0 bridgehead atoms. The van der Waals surface area contributed by atoms with E-state index < -0.39 is 0 Å². The number of carbonyl (C=O) groups is 1. The number of aromatic nitrogens is 1. The molecule has 2 N–H and O–H groups in total. The molecule has 2 aromatic carbocycles. The van der Waals surface area contributed by atoms with Crippen molar-refractivity contribution in [2.24, 2.45) is 0 Å². The Kier molecular flexibility index (Phi) is 5.48. The lowest BCUT2D eigenvalue weighted by Gasteiger charge is -2.07. The largest absolute Gasteiger partial charge is 0.358 e. The summed E-state index contributed by atoms with van der Waals surface area (Å²) in [5.74, 6) is -0.233. The maximum atomic E-state index is 12.3. The Morgan fingerprint density at radius 1 is 1.20 bits per heavy atom. The van der Waals surface area contributed by atoms with Crippen LogP contribution < -0.4 is 10.6 Å². The molecule has 0 aliphatic carbocycles. The van der Waals surface area contributed by atoms with Crippen LogP contribution in [0.3, 0.4) is 0 Å². The van der Waals surface area contributed by atoms with Crippen molar-refractivity contribution in [3.8, 4) is 11.3 Å². The standard InChI is InChI=1S/C19H16ClN3OS/c1-2-11-21-19-23-17(12-25-19)13-7-9-14(10-8-13)22-18(24)15-5-3-4-6-16(15)20/h2-10,12H,1,11H2,(H,21,23)(H,22,24). The number of carbonyl (C=O) groups excluding carboxylic acids is 1. The topological polar surface area (TPSA) is 54.0 Å². The zero-order valence-electron chi connectivity index (χ0n) is 13.3. The van der Waals surface area contributed by atoms with E-state index in [0.29, 0.717) is 22.8 Å². The maximum absolute atomic E-state index is 12.3. The summed E-state index contributed by atoms with van der Waals surface area (Å²) in [6.07, 6.45) is 1.79. The van der Waals surface area contributed by atoms with Gasteiger partial charge >= 0.3 is 0 Å². The summed E-state index contributed by atoms with van der Waals surface area (Å²) in [5.41, 5.74) is 3.03. The minimum Gasteiger partial charge on any atom is -0.358 e. The molecule has 0 radical (unpaired) electrons. The summed E-state index contributed by atoms with van der Waals surface area (Å²) in [5, 5.41) is 9.28. The highest BCUT2D eigenvalue weighted by Crippen LogP contribution is 2.26. The Morgan fingerprint density at radius 2 is 1.96 bits per heavy atom. The van der Waals surface area contributed by atoms with Crippen molar-refractivity contribution in [3.63, 3.8) is 0 Å². The smallest absolute Gasteiger partial charge is 0.257 e. The van der Waals surface area contributed by atoms with Gasteiger partial charge in [0.2, 0.25) is 0 Å². The van der Waals surface area contributed by atoms with Gasteiger partial charge in [0.1, 0.15) is 0 Å². The number of amides is 1. The lowest BCUT2D eigenvalue weighted by Crippen LogP contribution is -2.12. The Labute approximate surface area is 155 Å². The van der Waals surface area contributed by atoms with E-state index >= 15 is 0 Å². The molecular weight excluding hydrogens is 354 g/mol. The molecule has 0 unspecified atom stereocenters. The number of benzene rings is 2. The van der Waals surface area contributed by atoms with Gasteiger partial charge in [-0.2, -0.15) is 0 Å². The molecule has 0 atom stereocenters. The quantitative estimate of drug-likeness (QED) is 0.578. The molecule has 0 spiro atoms. The monoisotopic (exact) mass is 369 g/mol. The minimum atomic E-state index is -0.233. The van der Waals surface area contributed by atoms with Crippen LogP contribution in [0.1, 0.15) is 10.4 Å². The van der Waals surface area contributed by atoms with Gasteiger partial charge in [0, 0.05) is 23.2 Å². The molecule has 1 heterocycles. The molecular formula is C19H16ClN3OS. The summed E-state index contributed by atoms with van der Waals surface area (Å²) in [6.45, 7) is 4.35. The highest BCUT2D eigenvalue weighted by Gasteiger charge is 2.10. The van der Waals surface area contributed by atoms with Crippen LogP contribution in [0.5, 0.6) is 0 Å². The number of anilines is 2. The van der Waals surface area contributed by atoms with Gasteiger partial charge in [0.05, 0.1) is 16.3 Å². The average Bonchev–Trinajstić information content (AvgIpc) is 3.10. The SMILES string of the molecule is C=CCNc1nc(-c2ccc(NC(=O)c3ccccc3Cl)cc2)cs1. The lowest BCUT2D eigenvalue weighted by atomic mass is 10.1. The van der Waals surface area contributed by atoms with Crippen molar-refractivity contribution in [2.45, 2.75) is 0 Å². The molecule has 6 heteroatoms. The van der Waals surface area contributed by atoms with Crippen LogP contribution in [0.15, 0.2) is 66.6 Å². The molecule has 1 aromatic heterocycles. The van der Waals surface area contributed by atoms with E-state index in [2.05, 4.69) is 22.2 Å². The first-order chi connectivity index (χ1) is 12.2. The second-order valence-electron chi connectivity index (χ2n) is 5.22. The predicted octanol–water partition coefficient (Wildman–Crippen LogP) is 5.31. The summed E-state index contributed by atoms with van der Waals surface area (Å²) in [6, 6.07) is 14.5. The lowest BCUT2D eigenvalue weighted by molar-refractivity contribution is 0.102. The number of nitrogens with zero attached hydrogens (tertiary/aromatic N) is 1. The van der Waals surface area contributed by atoms with Gasteiger partial charge in [-0.3, -0.25) is 4.79 Å². The van der Waals surface area contributed by atoms with E-state index in [4.69, 9.17) is 11.6 Å². The molecule has 1 amide bonds. The third-order valence-electron chi connectivity index (χ3n) is 3.46. The Hall–Kier alpha value is -2.63. The molecule has 0 fully saturated rings. The van der Waals surface area contributed by atoms with Crippen molar-refractivity contribution in [2.75, 3.05) is 17.2 Å². The van der Waals surface area contributed by atoms with Crippen LogP contribution in [0, 0.1) is 0 Å². The minimum absolute atomic E-state index is 0.233. The molecule has 3 aromatic rings. The molecule has 3 rings (SSSR count). The average molecular weight is 370 g/mol. The number of nitrogens with one attached hydrogen (secondary N) is 2. The van der Waals surface area contributed by atoms with Crippen LogP contribution in [0.25, 0.3) is 11.3 Å². The van der Waals surface area contributed by atoms with Crippen molar-refractivity contribution < 1.29 is 4.79 Å². The molecule has 0 saturated carbocycles. The first-order valence-corrected chi connectivity index (χ1v) is 8.90. The van der Waals surface area contributed by atoms with Gasteiger partial charge in [0.15, 0.2) is 5.13 Å². The van der Waals surface area contributed by atoms with Crippen LogP contribution in [-0.4, -0.2) is 17.4 Å². The molecule has 4 nitrogen and oxygen atoms in total. The number of halogens is 1. The zero-order chi connectivity index (χ0) is 17.6. The second-order valence-corrected chi connectivity index (χ2v) is 6.48. The fourth-order valence-electron chi connectivity index (χ4n) is 2.22. The number of rotatable bonds is 6. The highest BCUT2D eigenvalue weighted by atomic mass is 35.5. The summed E-state index contributed by atoms with van der Waals surface area (Å²) >= 11 is 7.59. The van der Waals surface area contributed by atoms with Crippen molar-refractivity contribution in [1.29, 1.82) is 0 Å². The molecule has 0 saturated heterocycles. The van der Waals surface area contributed by atoms with Crippen LogP contribution in [0.2, 0.25) is 5.02 Å². The van der Waals surface area contributed by atoms with E-state index in [1.807, 2.05) is 29.6 Å². The Balaban J connectivity index is 1.70. The van der Waals surface area contributed by atoms with Gasteiger partial charge in [-0.25, -0.2) is 4.98 Å². The molecule has 0 aliphatic heterocycles. The summed E-state index contributed by atoms with van der Waals surface area (Å²) < 4.78 is 0. The van der Waals surface area contributed by atoms with E-state index in [9.17, 15) is 4.79 Å². The Morgan fingerprint density at radius 3 is 2.68 bits per heavy atom. The number of thiazole rings is 1. The van der Waals surface area contributed by atoms with Crippen LogP contribution in [0.4, 0.5) is 10.8 Å². The van der Waals surface area contributed by atoms with E-state index in [-0.39, 0.29) is 5.91 Å². The van der Waals surface area contributed by atoms with Crippen LogP contribution >= 0.6 is 22.9 Å². The van der Waals surface area contributed by atoms with Crippen LogP contribution in [-0.2, 0) is 0 Å². The third-order valence-corrected chi connectivity index (χ3v) is 4.59. The molecule has 25 heavy (non-hydrogen) atoms. The van der Waals surface area contributed by atoms with Crippen molar-refractivity contribution in [1.82, 2.24) is 4.98 Å². The fraction of sp³-hybridized carbons (Fsp3) is 0.0526. The highest BCUT2D eigenvalue weighted by molar-refractivity contribution is 7.14. The van der Waals surface area contributed by atoms with E-state index in [1.54, 1.807) is 41.7 Å². The molecule has 126 valence electrons. The third kappa shape index (κ3) is 4.26. The van der Waals surface area contributed by atoms with Gasteiger partial charge in [-0.1, -0.05) is 41.9 Å². The normalized spacial score (nSPS) is 10.3. The number of hydrogen-bond donors (Lipinski definition) is 2. The summed E-state index contributed by atoms with van der Waals surface area (Å²) in [4.78, 5) is 16.8. The van der Waals surface area contributed by atoms with Gasteiger partial charge in [0.25, 0.3) is 5.91 Å². The van der Waals surface area contributed by atoms with Crippen molar-refractivity contribution in [3.05, 3.63) is 77.2 Å². The predicted molar refractivity (Wildman–Crippen MR) is 106 cm³/mol. The molecule has 0 aliphatic rings. The zero-order valence-corrected chi connectivity index (χ0v) is 14.9. The van der Waals surface area contributed by atoms with Gasteiger partial charge in [-0.05, 0) is 24.3 Å². The first kappa shape index (κ1) is 17.2. The van der Waals surface area contributed by atoms with Crippen molar-refractivity contribution >= 4 is 39.7 Å². The fourth-order valence-corrected chi connectivity index (χ4v) is 3.17.